The number of carbonyl (C=O) groups excluding carboxylic acids is 1. The molecule has 6 nitrogen and oxygen atoms in total. The summed E-state index contributed by atoms with van der Waals surface area (Å²) in [5.41, 5.74) is 0.671. The van der Waals surface area contributed by atoms with E-state index in [1.807, 2.05) is 18.2 Å². The summed E-state index contributed by atoms with van der Waals surface area (Å²) in [4.78, 5) is 15.3. The molecule has 0 bridgehead atoms. The number of rotatable bonds is 9. The average Bonchev–Trinajstić information content (AvgIpc) is 2.66. The van der Waals surface area contributed by atoms with Gasteiger partial charge >= 0.3 is 0 Å². The van der Waals surface area contributed by atoms with Gasteiger partial charge < -0.3 is 10.2 Å². The maximum Gasteiger partial charge on any atom is 0.242 e. The first kappa shape index (κ1) is 21.9. The lowest BCUT2D eigenvalue weighted by molar-refractivity contribution is -0.124. The van der Waals surface area contributed by atoms with Crippen molar-refractivity contribution in [2.24, 2.45) is 0 Å². The van der Waals surface area contributed by atoms with Crippen molar-refractivity contribution in [1.82, 2.24) is 14.5 Å². The third kappa shape index (κ3) is 6.30. The van der Waals surface area contributed by atoms with Crippen LogP contribution in [0.3, 0.4) is 0 Å². The molecule has 0 saturated carbocycles. The van der Waals surface area contributed by atoms with Gasteiger partial charge in [0.1, 0.15) is 6.04 Å². The molecule has 0 aliphatic carbocycles. The van der Waals surface area contributed by atoms with E-state index in [0.717, 1.165) is 30.1 Å². The average molecular weight is 396 g/mol. The Labute approximate surface area is 164 Å². The predicted octanol–water partition coefficient (Wildman–Crippen LogP) is 2.39. The van der Waals surface area contributed by atoms with E-state index in [1.165, 1.54) is 32.7 Å². The van der Waals surface area contributed by atoms with Crippen LogP contribution in [0.1, 0.15) is 50.6 Å². The van der Waals surface area contributed by atoms with Gasteiger partial charge in [0, 0.05) is 26.2 Å². The molecule has 1 aromatic rings. The van der Waals surface area contributed by atoms with Crippen molar-refractivity contribution in [2.45, 2.75) is 51.1 Å². The zero-order chi connectivity index (χ0) is 19.9. The third-order valence-corrected chi connectivity index (χ3v) is 6.65. The van der Waals surface area contributed by atoms with Crippen LogP contribution < -0.4 is 5.32 Å². The van der Waals surface area contributed by atoms with Crippen LogP contribution in [0.25, 0.3) is 0 Å². The molecule has 0 radical (unpaired) electrons. The van der Waals surface area contributed by atoms with Crippen molar-refractivity contribution in [3.8, 4) is 0 Å². The van der Waals surface area contributed by atoms with Crippen LogP contribution in [-0.2, 0) is 14.8 Å². The highest BCUT2D eigenvalue weighted by Crippen LogP contribution is 2.22. The second kappa shape index (κ2) is 10.2. The van der Waals surface area contributed by atoms with Crippen molar-refractivity contribution in [1.29, 1.82) is 0 Å². The third-order valence-electron chi connectivity index (χ3n) is 5.39. The quantitative estimate of drug-likeness (QED) is 0.652. The van der Waals surface area contributed by atoms with Gasteiger partial charge in [0.2, 0.25) is 15.9 Å². The Bertz CT molecular complexity index is 694. The van der Waals surface area contributed by atoms with E-state index in [-0.39, 0.29) is 5.91 Å². The molecule has 2 rings (SSSR count). The van der Waals surface area contributed by atoms with Gasteiger partial charge in [-0.25, -0.2) is 8.42 Å². The minimum absolute atomic E-state index is 0.278. The number of benzene rings is 1. The summed E-state index contributed by atoms with van der Waals surface area (Å²) in [7, 11) is -2.04. The van der Waals surface area contributed by atoms with Crippen LogP contribution in [0.15, 0.2) is 30.3 Å². The molecule has 0 aromatic heterocycles. The van der Waals surface area contributed by atoms with Gasteiger partial charge in [-0.3, -0.25) is 4.79 Å². The van der Waals surface area contributed by atoms with Crippen molar-refractivity contribution < 1.29 is 13.2 Å². The molecule has 1 heterocycles. The van der Waals surface area contributed by atoms with E-state index in [2.05, 4.69) is 17.1 Å². The minimum atomic E-state index is -3.49. The summed E-state index contributed by atoms with van der Waals surface area (Å²) >= 11 is 0. The largest absolute Gasteiger partial charge is 0.354 e. The van der Waals surface area contributed by atoms with E-state index < -0.39 is 16.1 Å². The topological polar surface area (TPSA) is 69.7 Å². The maximum absolute atomic E-state index is 12.8. The second-order valence-electron chi connectivity index (χ2n) is 7.33. The first-order valence-electron chi connectivity index (χ1n) is 9.84. The van der Waals surface area contributed by atoms with E-state index in [1.54, 1.807) is 12.1 Å². The highest BCUT2D eigenvalue weighted by atomic mass is 32.2. The number of likely N-dealkylation sites (N-methyl/N-ethyl adjacent to an activating group) is 1. The molecule has 0 unspecified atom stereocenters. The standard InChI is InChI=1S/C20H33N3O3S/c1-4-18-13-8-9-15-23(18)16-10-14-21-20(24)19(22(2)27(3,25)26)17-11-6-5-7-12-17/h5-7,11-12,18-19H,4,8-10,13-16H2,1-3H3,(H,21,24)/t18-,19-/m1/s1. The molecule has 1 N–H and O–H groups in total. The molecule has 2 atom stereocenters. The molecule has 7 heteroatoms. The maximum atomic E-state index is 12.8. The van der Waals surface area contributed by atoms with Gasteiger partial charge in [-0.15, -0.1) is 0 Å². The van der Waals surface area contributed by atoms with Crippen LogP contribution >= 0.6 is 0 Å². The Morgan fingerprint density at radius 3 is 2.63 bits per heavy atom. The van der Waals surface area contributed by atoms with E-state index in [9.17, 15) is 13.2 Å². The van der Waals surface area contributed by atoms with E-state index in [0.29, 0.717) is 18.2 Å². The fourth-order valence-corrected chi connectivity index (χ4v) is 4.36. The highest BCUT2D eigenvalue weighted by molar-refractivity contribution is 7.88. The fraction of sp³-hybridized carbons (Fsp3) is 0.650. The van der Waals surface area contributed by atoms with E-state index >= 15 is 0 Å². The number of carbonyl (C=O) groups is 1. The lowest BCUT2D eigenvalue weighted by atomic mass is 10.00. The molecule has 152 valence electrons. The predicted molar refractivity (Wildman–Crippen MR) is 109 cm³/mol. The minimum Gasteiger partial charge on any atom is -0.354 e. The highest BCUT2D eigenvalue weighted by Gasteiger charge is 2.30. The Kier molecular flexibility index (Phi) is 8.26. The number of nitrogens with zero attached hydrogens (tertiary/aromatic N) is 2. The molecule has 0 spiro atoms. The van der Waals surface area contributed by atoms with Gasteiger partial charge in [-0.1, -0.05) is 43.7 Å². The zero-order valence-electron chi connectivity index (χ0n) is 16.7. The van der Waals surface area contributed by atoms with Gasteiger partial charge in [0.05, 0.1) is 6.26 Å². The Hall–Kier alpha value is -1.44. The monoisotopic (exact) mass is 395 g/mol. The van der Waals surface area contributed by atoms with Gasteiger partial charge in [-0.2, -0.15) is 4.31 Å². The number of piperidine rings is 1. The summed E-state index contributed by atoms with van der Waals surface area (Å²) in [6.07, 6.45) is 6.98. The van der Waals surface area contributed by atoms with Crippen LogP contribution in [0.2, 0.25) is 0 Å². The number of sulfonamides is 1. The Morgan fingerprint density at radius 1 is 1.30 bits per heavy atom. The summed E-state index contributed by atoms with van der Waals surface area (Å²) in [6.45, 7) is 4.88. The van der Waals surface area contributed by atoms with Crippen molar-refractivity contribution in [3.63, 3.8) is 0 Å². The van der Waals surface area contributed by atoms with Crippen molar-refractivity contribution >= 4 is 15.9 Å². The van der Waals surface area contributed by atoms with Crippen LogP contribution in [-0.4, -0.2) is 62.5 Å². The zero-order valence-corrected chi connectivity index (χ0v) is 17.5. The molecule has 1 aliphatic heterocycles. The lowest BCUT2D eigenvalue weighted by Gasteiger charge is -2.35. The smallest absolute Gasteiger partial charge is 0.242 e. The van der Waals surface area contributed by atoms with Crippen molar-refractivity contribution in [3.05, 3.63) is 35.9 Å². The summed E-state index contributed by atoms with van der Waals surface area (Å²) in [5.74, 6) is -0.278. The molecule has 1 amide bonds. The lowest BCUT2D eigenvalue weighted by Crippen LogP contribution is -2.43. The molecule has 27 heavy (non-hydrogen) atoms. The number of hydrogen-bond acceptors (Lipinski definition) is 4. The summed E-state index contributed by atoms with van der Waals surface area (Å²) in [5, 5.41) is 2.93. The fourth-order valence-electron chi connectivity index (χ4n) is 3.76. The number of amides is 1. The van der Waals surface area contributed by atoms with Crippen molar-refractivity contribution in [2.75, 3.05) is 32.9 Å². The molecule has 1 fully saturated rings. The molecule has 1 aromatic carbocycles. The molecule has 1 aliphatic rings. The molecular weight excluding hydrogens is 362 g/mol. The Morgan fingerprint density at radius 2 is 2.00 bits per heavy atom. The van der Waals surface area contributed by atoms with Crippen LogP contribution in [0.5, 0.6) is 0 Å². The molecular formula is C20H33N3O3S. The van der Waals surface area contributed by atoms with Gasteiger partial charge in [-0.05, 0) is 37.8 Å². The van der Waals surface area contributed by atoms with Gasteiger partial charge in [0.25, 0.3) is 0 Å². The first-order valence-corrected chi connectivity index (χ1v) is 11.7. The molecule has 1 saturated heterocycles. The summed E-state index contributed by atoms with van der Waals surface area (Å²) in [6, 6.07) is 8.85. The second-order valence-corrected chi connectivity index (χ2v) is 9.37. The number of hydrogen-bond donors (Lipinski definition) is 1. The normalized spacial score (nSPS) is 19.8. The number of nitrogens with one attached hydrogen (secondary N) is 1. The number of likely N-dealkylation sites (tertiary alicyclic amines) is 1. The van der Waals surface area contributed by atoms with Gasteiger partial charge in [0.15, 0.2) is 0 Å². The van der Waals surface area contributed by atoms with E-state index in [4.69, 9.17) is 0 Å². The van der Waals surface area contributed by atoms with Crippen LogP contribution in [0.4, 0.5) is 0 Å². The van der Waals surface area contributed by atoms with Crippen LogP contribution in [0, 0.1) is 0 Å². The summed E-state index contributed by atoms with van der Waals surface area (Å²) < 4.78 is 25.1. The SMILES string of the molecule is CC[C@@H]1CCCCN1CCCNC(=O)[C@@H](c1ccccc1)N(C)S(C)(=O)=O. The Balaban J connectivity index is 1.94. The first-order chi connectivity index (χ1) is 12.8.